The van der Waals surface area contributed by atoms with E-state index in [0.29, 0.717) is 11.5 Å². The summed E-state index contributed by atoms with van der Waals surface area (Å²) < 4.78 is 10.2. The molecular formula is C14H19NO5. The van der Waals surface area contributed by atoms with E-state index in [-0.39, 0.29) is 17.2 Å². The Morgan fingerprint density at radius 2 is 1.60 bits per heavy atom. The van der Waals surface area contributed by atoms with Gasteiger partial charge in [0.25, 0.3) is 0 Å². The second-order valence-corrected chi connectivity index (χ2v) is 5.26. The number of hydrogen-bond acceptors (Lipinski definition) is 4. The molecule has 0 heterocycles. The number of rotatable bonds is 4. The lowest BCUT2D eigenvalue weighted by molar-refractivity contribution is -0.123. The van der Waals surface area contributed by atoms with E-state index in [2.05, 4.69) is 5.32 Å². The highest BCUT2D eigenvalue weighted by Gasteiger charge is 2.24. The van der Waals surface area contributed by atoms with Crippen molar-refractivity contribution in [2.24, 2.45) is 5.41 Å². The predicted molar refractivity (Wildman–Crippen MR) is 74.6 cm³/mol. The van der Waals surface area contributed by atoms with E-state index < -0.39 is 11.4 Å². The number of aromatic carboxylic acids is 1. The number of amides is 1. The molecule has 0 fully saturated rings. The van der Waals surface area contributed by atoms with Gasteiger partial charge in [0.15, 0.2) is 11.5 Å². The fraction of sp³-hybridized carbons (Fsp3) is 0.429. The molecule has 1 aromatic rings. The summed E-state index contributed by atoms with van der Waals surface area (Å²) in [6.45, 7) is 5.22. The Bertz CT molecular complexity index is 531. The summed E-state index contributed by atoms with van der Waals surface area (Å²) in [5.41, 5.74) is -0.515. The molecule has 1 amide bonds. The number of carbonyl (C=O) groups is 2. The van der Waals surface area contributed by atoms with E-state index in [1.165, 1.54) is 26.4 Å². The van der Waals surface area contributed by atoms with Crippen LogP contribution in [0.3, 0.4) is 0 Å². The average molecular weight is 281 g/mol. The smallest absolute Gasteiger partial charge is 0.337 e. The van der Waals surface area contributed by atoms with Crippen LogP contribution in [-0.2, 0) is 4.79 Å². The first-order valence-corrected chi connectivity index (χ1v) is 6.01. The number of carboxylic acids is 1. The van der Waals surface area contributed by atoms with E-state index in [9.17, 15) is 14.7 Å². The summed E-state index contributed by atoms with van der Waals surface area (Å²) in [6.07, 6.45) is 0. The Kier molecular flexibility index (Phi) is 4.60. The van der Waals surface area contributed by atoms with Gasteiger partial charge in [0, 0.05) is 17.5 Å². The molecule has 0 aliphatic rings. The van der Waals surface area contributed by atoms with Crippen molar-refractivity contribution in [1.82, 2.24) is 0 Å². The first-order chi connectivity index (χ1) is 9.20. The van der Waals surface area contributed by atoms with Crippen molar-refractivity contribution in [2.45, 2.75) is 20.8 Å². The van der Waals surface area contributed by atoms with Gasteiger partial charge in [0.2, 0.25) is 5.91 Å². The molecule has 6 heteroatoms. The van der Waals surface area contributed by atoms with Gasteiger partial charge in [-0.05, 0) is 0 Å². The molecule has 110 valence electrons. The highest BCUT2D eigenvalue weighted by atomic mass is 16.5. The van der Waals surface area contributed by atoms with Crippen LogP contribution in [-0.4, -0.2) is 31.2 Å². The number of hydrogen-bond donors (Lipinski definition) is 2. The number of carboxylic acid groups (broad SMARTS) is 1. The van der Waals surface area contributed by atoms with Crippen molar-refractivity contribution < 1.29 is 24.2 Å². The molecule has 0 bridgehead atoms. The molecule has 20 heavy (non-hydrogen) atoms. The van der Waals surface area contributed by atoms with Gasteiger partial charge in [-0.3, -0.25) is 4.79 Å². The zero-order valence-corrected chi connectivity index (χ0v) is 12.2. The zero-order valence-electron chi connectivity index (χ0n) is 12.2. The molecule has 0 radical (unpaired) electrons. The number of nitrogens with one attached hydrogen (secondary N) is 1. The lowest BCUT2D eigenvalue weighted by Crippen LogP contribution is -2.28. The minimum atomic E-state index is -1.16. The van der Waals surface area contributed by atoms with Crippen LogP contribution < -0.4 is 14.8 Å². The average Bonchev–Trinajstić information content (AvgIpc) is 2.36. The maximum atomic E-state index is 12.0. The maximum Gasteiger partial charge on any atom is 0.337 e. The molecule has 0 aromatic heterocycles. The number of ether oxygens (including phenoxy) is 2. The van der Waals surface area contributed by atoms with E-state index in [0.717, 1.165) is 0 Å². The molecule has 1 rings (SSSR count). The van der Waals surface area contributed by atoms with Gasteiger partial charge in [-0.2, -0.15) is 0 Å². The molecule has 1 aromatic carbocycles. The monoisotopic (exact) mass is 281 g/mol. The number of anilines is 1. The Morgan fingerprint density at radius 1 is 1.10 bits per heavy atom. The highest BCUT2D eigenvalue weighted by molar-refractivity contribution is 6.02. The van der Waals surface area contributed by atoms with Gasteiger partial charge in [-0.25, -0.2) is 4.79 Å². The highest BCUT2D eigenvalue weighted by Crippen LogP contribution is 2.34. The van der Waals surface area contributed by atoms with Crippen LogP contribution in [0.5, 0.6) is 11.5 Å². The predicted octanol–water partition coefficient (Wildman–Crippen LogP) is 2.39. The summed E-state index contributed by atoms with van der Waals surface area (Å²) in [7, 11) is 2.85. The molecule has 0 atom stereocenters. The van der Waals surface area contributed by atoms with Gasteiger partial charge in [-0.15, -0.1) is 0 Å². The molecule has 0 saturated heterocycles. The van der Waals surface area contributed by atoms with Crippen molar-refractivity contribution in [3.05, 3.63) is 17.7 Å². The molecule has 6 nitrogen and oxygen atoms in total. The Labute approximate surface area is 117 Å². The minimum absolute atomic E-state index is 0.0553. The third-order valence-electron chi connectivity index (χ3n) is 2.68. The zero-order chi connectivity index (χ0) is 15.5. The number of benzene rings is 1. The van der Waals surface area contributed by atoms with Gasteiger partial charge in [0.1, 0.15) is 0 Å². The Morgan fingerprint density at radius 3 is 2.00 bits per heavy atom. The van der Waals surface area contributed by atoms with Gasteiger partial charge >= 0.3 is 5.97 Å². The maximum absolute atomic E-state index is 12.0. The van der Waals surface area contributed by atoms with Gasteiger partial charge < -0.3 is 19.9 Å². The van der Waals surface area contributed by atoms with Crippen LogP contribution in [0.1, 0.15) is 31.1 Å². The quantitative estimate of drug-likeness (QED) is 0.885. The number of methoxy groups -OCH3 is 2. The molecule has 0 aliphatic carbocycles. The van der Waals surface area contributed by atoms with Crippen molar-refractivity contribution >= 4 is 17.6 Å². The van der Waals surface area contributed by atoms with Crippen LogP contribution >= 0.6 is 0 Å². The van der Waals surface area contributed by atoms with Crippen molar-refractivity contribution in [3.8, 4) is 11.5 Å². The lowest BCUT2D eigenvalue weighted by Gasteiger charge is -2.19. The lowest BCUT2D eigenvalue weighted by atomic mass is 9.95. The summed E-state index contributed by atoms with van der Waals surface area (Å²) in [6, 6.07) is 2.76. The van der Waals surface area contributed by atoms with Crippen LogP contribution in [0.2, 0.25) is 0 Å². The molecule has 0 spiro atoms. The Balaban J connectivity index is 3.30. The van der Waals surface area contributed by atoms with Gasteiger partial charge in [0.05, 0.1) is 25.5 Å². The summed E-state index contributed by atoms with van der Waals surface area (Å²) in [4.78, 5) is 23.3. The van der Waals surface area contributed by atoms with E-state index in [1.807, 2.05) is 0 Å². The fourth-order valence-corrected chi connectivity index (χ4v) is 1.47. The third kappa shape index (κ3) is 3.40. The van der Waals surface area contributed by atoms with Crippen molar-refractivity contribution in [3.63, 3.8) is 0 Å². The molecule has 0 saturated carbocycles. The minimum Gasteiger partial charge on any atom is -0.493 e. The summed E-state index contributed by atoms with van der Waals surface area (Å²) in [5, 5.41) is 11.8. The molecule has 0 aliphatic heterocycles. The first kappa shape index (κ1) is 15.8. The largest absolute Gasteiger partial charge is 0.493 e. The van der Waals surface area contributed by atoms with Crippen molar-refractivity contribution in [2.75, 3.05) is 19.5 Å². The van der Waals surface area contributed by atoms with Gasteiger partial charge in [-0.1, -0.05) is 20.8 Å². The van der Waals surface area contributed by atoms with E-state index >= 15 is 0 Å². The second-order valence-electron chi connectivity index (χ2n) is 5.26. The summed E-state index contributed by atoms with van der Waals surface area (Å²) >= 11 is 0. The SMILES string of the molecule is COc1cc(NC(=O)C(C)(C)C)c(C(=O)O)cc1OC. The van der Waals surface area contributed by atoms with Crippen molar-refractivity contribution in [1.29, 1.82) is 0 Å². The fourth-order valence-electron chi connectivity index (χ4n) is 1.47. The standard InChI is InChI=1S/C14H19NO5/c1-14(2,3)13(18)15-9-7-11(20-5)10(19-4)6-8(9)12(16)17/h6-7H,1-5H3,(H,15,18)(H,16,17). The Hall–Kier alpha value is -2.24. The van der Waals surface area contributed by atoms with Crippen LogP contribution in [0.25, 0.3) is 0 Å². The second kappa shape index (κ2) is 5.81. The van der Waals surface area contributed by atoms with Crippen LogP contribution in [0, 0.1) is 5.41 Å². The number of carbonyl (C=O) groups excluding carboxylic acids is 1. The third-order valence-corrected chi connectivity index (χ3v) is 2.68. The topological polar surface area (TPSA) is 84.9 Å². The molecule has 2 N–H and O–H groups in total. The summed E-state index contributed by atoms with van der Waals surface area (Å²) in [5.74, 6) is -0.803. The van der Waals surface area contributed by atoms with E-state index in [1.54, 1.807) is 20.8 Å². The molecular weight excluding hydrogens is 262 g/mol. The first-order valence-electron chi connectivity index (χ1n) is 6.01. The van der Waals surface area contributed by atoms with E-state index in [4.69, 9.17) is 9.47 Å². The van der Waals surface area contributed by atoms with Crippen LogP contribution in [0.15, 0.2) is 12.1 Å². The molecule has 0 unspecified atom stereocenters. The normalized spacial score (nSPS) is 10.8. The van der Waals surface area contributed by atoms with Crippen LogP contribution in [0.4, 0.5) is 5.69 Å².